The maximum absolute atomic E-state index is 14.1. The van der Waals surface area contributed by atoms with E-state index < -0.39 is 11.6 Å². The van der Waals surface area contributed by atoms with E-state index in [1.54, 1.807) is 0 Å². The molecule has 2 aromatic carbocycles. The Hall–Kier alpha value is -1.68. The lowest BCUT2D eigenvalue weighted by Gasteiger charge is -2.11. The van der Waals surface area contributed by atoms with Gasteiger partial charge in [-0.1, -0.05) is 25.1 Å². The molecule has 1 aromatic heterocycles. The zero-order chi connectivity index (χ0) is 15.0. The minimum atomic E-state index is -0.536. The van der Waals surface area contributed by atoms with E-state index in [4.69, 9.17) is 0 Å². The number of hydrogen-bond donors (Lipinski definition) is 0. The summed E-state index contributed by atoms with van der Waals surface area (Å²) in [5, 5.41) is 1.09. The number of para-hydroxylation sites is 1. The highest BCUT2D eigenvalue weighted by Crippen LogP contribution is 2.26. The van der Waals surface area contributed by atoms with Gasteiger partial charge in [-0.2, -0.15) is 0 Å². The van der Waals surface area contributed by atoms with E-state index in [-0.39, 0.29) is 16.6 Å². The second-order valence-electron chi connectivity index (χ2n) is 4.97. The van der Waals surface area contributed by atoms with Crippen molar-refractivity contribution in [2.24, 2.45) is 0 Å². The molecule has 0 amide bonds. The molecule has 0 saturated carbocycles. The summed E-state index contributed by atoms with van der Waals surface area (Å²) in [6, 6.07) is 10.7. The van der Waals surface area contributed by atoms with Crippen molar-refractivity contribution in [3.63, 3.8) is 0 Å². The zero-order valence-corrected chi connectivity index (χ0v) is 13.1. The number of aromatic nitrogens is 1. The summed E-state index contributed by atoms with van der Waals surface area (Å²) in [7, 11) is 0. The highest BCUT2D eigenvalue weighted by atomic mass is 79.9. The number of nitrogens with zero attached hydrogens (tertiary/aromatic N) is 1. The number of fused-ring (bicyclic) bond motifs is 1. The third-order valence-electron chi connectivity index (χ3n) is 3.72. The molecule has 0 aliphatic rings. The summed E-state index contributed by atoms with van der Waals surface area (Å²) in [6.45, 7) is 2.25. The van der Waals surface area contributed by atoms with Crippen molar-refractivity contribution in [1.29, 1.82) is 0 Å². The van der Waals surface area contributed by atoms with Crippen molar-refractivity contribution in [3.05, 3.63) is 69.8 Å². The van der Waals surface area contributed by atoms with E-state index in [1.165, 1.54) is 17.7 Å². The van der Waals surface area contributed by atoms with Gasteiger partial charge in [0.1, 0.15) is 11.6 Å². The summed E-state index contributed by atoms with van der Waals surface area (Å²) in [5.41, 5.74) is 2.29. The zero-order valence-electron chi connectivity index (χ0n) is 11.5. The van der Waals surface area contributed by atoms with Crippen LogP contribution in [-0.2, 0) is 13.0 Å². The first-order chi connectivity index (χ1) is 10.1. The lowest BCUT2D eigenvalue weighted by molar-refractivity contribution is 0.543. The molecule has 0 atom stereocenters. The molecule has 3 aromatic rings. The third-order valence-corrected chi connectivity index (χ3v) is 4.33. The van der Waals surface area contributed by atoms with Crippen LogP contribution in [0.5, 0.6) is 0 Å². The van der Waals surface area contributed by atoms with E-state index in [2.05, 4.69) is 22.9 Å². The first-order valence-corrected chi connectivity index (χ1v) is 7.60. The van der Waals surface area contributed by atoms with Gasteiger partial charge in [0.25, 0.3) is 0 Å². The van der Waals surface area contributed by atoms with Crippen molar-refractivity contribution in [3.8, 4) is 0 Å². The summed E-state index contributed by atoms with van der Waals surface area (Å²) in [4.78, 5) is 0. The average molecular weight is 350 g/mol. The SMILES string of the molecule is CCc1cccc2ccn(Cc3c(F)ccc(Br)c3F)c12. The number of rotatable bonds is 3. The predicted octanol–water partition coefficient (Wildman–Crippen LogP) is 5.29. The Morgan fingerprint density at radius 2 is 1.90 bits per heavy atom. The minimum Gasteiger partial charge on any atom is -0.343 e. The normalized spacial score (nSPS) is 11.2. The summed E-state index contributed by atoms with van der Waals surface area (Å²) in [5.74, 6) is -1.06. The van der Waals surface area contributed by atoms with Gasteiger partial charge >= 0.3 is 0 Å². The maximum atomic E-state index is 14.1. The lowest BCUT2D eigenvalue weighted by Crippen LogP contribution is -2.05. The van der Waals surface area contributed by atoms with Gasteiger partial charge in [-0.05, 0) is 51.5 Å². The van der Waals surface area contributed by atoms with E-state index in [1.807, 2.05) is 35.0 Å². The topological polar surface area (TPSA) is 4.93 Å². The van der Waals surface area contributed by atoms with Crippen molar-refractivity contribution in [1.82, 2.24) is 4.57 Å². The number of halogens is 3. The van der Waals surface area contributed by atoms with Crippen LogP contribution < -0.4 is 0 Å². The van der Waals surface area contributed by atoms with Crippen LogP contribution in [0.1, 0.15) is 18.1 Å². The second-order valence-corrected chi connectivity index (χ2v) is 5.83. The molecule has 4 heteroatoms. The maximum Gasteiger partial charge on any atom is 0.145 e. The average Bonchev–Trinajstić information content (AvgIpc) is 2.91. The molecular formula is C17H14BrF2N. The first-order valence-electron chi connectivity index (χ1n) is 6.81. The monoisotopic (exact) mass is 349 g/mol. The van der Waals surface area contributed by atoms with Crippen LogP contribution in [0.25, 0.3) is 10.9 Å². The Bertz CT molecular complexity index is 808. The number of hydrogen-bond acceptors (Lipinski definition) is 0. The van der Waals surface area contributed by atoms with Gasteiger partial charge in [-0.15, -0.1) is 0 Å². The molecule has 0 saturated heterocycles. The molecule has 3 rings (SSSR count). The van der Waals surface area contributed by atoms with Crippen molar-refractivity contribution in [2.75, 3.05) is 0 Å². The van der Waals surface area contributed by atoms with E-state index in [0.29, 0.717) is 0 Å². The first kappa shape index (κ1) is 14.3. The Kier molecular flexibility index (Phi) is 3.81. The van der Waals surface area contributed by atoms with E-state index in [9.17, 15) is 8.78 Å². The molecule has 0 N–H and O–H groups in total. The quantitative estimate of drug-likeness (QED) is 0.566. The van der Waals surface area contributed by atoms with Crippen LogP contribution in [0.2, 0.25) is 0 Å². The van der Waals surface area contributed by atoms with Crippen molar-refractivity contribution >= 4 is 26.8 Å². The van der Waals surface area contributed by atoms with Crippen LogP contribution >= 0.6 is 15.9 Å². The Balaban J connectivity index is 2.13. The minimum absolute atomic E-state index is 0.0766. The van der Waals surface area contributed by atoms with E-state index >= 15 is 0 Å². The Labute approximate surface area is 130 Å². The molecule has 0 fully saturated rings. The Morgan fingerprint density at radius 1 is 1.10 bits per heavy atom. The van der Waals surface area contributed by atoms with Gasteiger partial charge < -0.3 is 4.57 Å². The van der Waals surface area contributed by atoms with Crippen molar-refractivity contribution < 1.29 is 8.78 Å². The Morgan fingerprint density at radius 3 is 2.67 bits per heavy atom. The second kappa shape index (κ2) is 5.60. The molecular weight excluding hydrogens is 336 g/mol. The van der Waals surface area contributed by atoms with Crippen LogP contribution in [0.4, 0.5) is 8.78 Å². The van der Waals surface area contributed by atoms with Gasteiger partial charge in [-0.3, -0.25) is 0 Å². The van der Waals surface area contributed by atoms with Gasteiger partial charge in [0, 0.05) is 11.8 Å². The molecule has 0 unspecified atom stereocenters. The van der Waals surface area contributed by atoms with Crippen LogP contribution in [-0.4, -0.2) is 4.57 Å². The summed E-state index contributed by atoms with van der Waals surface area (Å²) in [6.07, 6.45) is 2.76. The fourth-order valence-electron chi connectivity index (χ4n) is 2.64. The van der Waals surface area contributed by atoms with Crippen LogP contribution in [0, 0.1) is 11.6 Å². The predicted molar refractivity (Wildman–Crippen MR) is 84.5 cm³/mol. The summed E-state index contributed by atoms with van der Waals surface area (Å²) < 4.78 is 30.3. The van der Waals surface area contributed by atoms with Crippen molar-refractivity contribution in [2.45, 2.75) is 19.9 Å². The highest BCUT2D eigenvalue weighted by molar-refractivity contribution is 9.10. The molecule has 0 spiro atoms. The molecule has 0 bridgehead atoms. The fraction of sp³-hybridized carbons (Fsp3) is 0.176. The van der Waals surface area contributed by atoms with Crippen LogP contribution in [0.15, 0.2) is 47.1 Å². The number of benzene rings is 2. The molecule has 1 nitrogen and oxygen atoms in total. The lowest BCUT2D eigenvalue weighted by atomic mass is 10.1. The molecule has 0 aliphatic heterocycles. The smallest absolute Gasteiger partial charge is 0.145 e. The largest absolute Gasteiger partial charge is 0.343 e. The van der Waals surface area contributed by atoms with Gasteiger partial charge in [0.2, 0.25) is 0 Å². The van der Waals surface area contributed by atoms with Gasteiger partial charge in [0.15, 0.2) is 0 Å². The van der Waals surface area contributed by atoms with E-state index in [0.717, 1.165) is 17.3 Å². The molecule has 1 heterocycles. The van der Waals surface area contributed by atoms with Crippen LogP contribution in [0.3, 0.4) is 0 Å². The molecule has 108 valence electrons. The van der Waals surface area contributed by atoms with Gasteiger partial charge in [-0.25, -0.2) is 8.78 Å². The highest BCUT2D eigenvalue weighted by Gasteiger charge is 2.14. The standard InChI is InChI=1S/C17H14BrF2N/c1-2-11-4-3-5-12-8-9-21(17(11)12)10-13-15(19)7-6-14(18)16(13)20/h3-9H,2,10H2,1H3. The molecule has 0 aliphatic carbocycles. The molecule has 21 heavy (non-hydrogen) atoms. The third kappa shape index (κ3) is 2.48. The summed E-state index contributed by atoms with van der Waals surface area (Å²) >= 11 is 3.11. The number of aryl methyl sites for hydroxylation is 1. The fourth-order valence-corrected chi connectivity index (χ4v) is 3.01. The van der Waals surface area contributed by atoms with Gasteiger partial charge in [0.05, 0.1) is 16.5 Å². The molecule has 0 radical (unpaired) electrons.